The van der Waals surface area contributed by atoms with Crippen molar-refractivity contribution in [1.82, 2.24) is 10.6 Å². The molecule has 0 aliphatic carbocycles. The zero-order valence-corrected chi connectivity index (χ0v) is 20.5. The number of ether oxygens (including phenoxy) is 4. The zero-order chi connectivity index (χ0) is 25.8. The second-order valence-electron chi connectivity index (χ2n) is 8.37. The number of aryl methyl sites for hydroxylation is 1. The van der Waals surface area contributed by atoms with Crippen LogP contribution in [-0.2, 0) is 25.5 Å². The van der Waals surface area contributed by atoms with Crippen LogP contribution in [0.1, 0.15) is 42.5 Å². The van der Waals surface area contributed by atoms with Crippen molar-refractivity contribution >= 4 is 24.0 Å². The number of nitrogens with one attached hydrogen (secondary N) is 2. The van der Waals surface area contributed by atoms with Gasteiger partial charge in [0.25, 0.3) is 0 Å². The number of benzene rings is 1. The smallest absolute Gasteiger partial charge is 0.338 e. The molecule has 1 aromatic heterocycles. The molecule has 0 bridgehead atoms. The summed E-state index contributed by atoms with van der Waals surface area (Å²) in [5.74, 6) is 0.973. The molecule has 2 aliphatic heterocycles. The molecular formula is C26H28N2O8. The fourth-order valence-electron chi connectivity index (χ4n) is 4.12. The first-order chi connectivity index (χ1) is 17.3. The topological polar surface area (TPSA) is 125 Å². The molecule has 1 aromatic carbocycles. The highest BCUT2D eigenvalue weighted by Crippen LogP contribution is 2.35. The predicted octanol–water partition coefficient (Wildman–Crippen LogP) is 3.35. The monoisotopic (exact) mass is 496 g/mol. The molecule has 10 nitrogen and oxygen atoms in total. The van der Waals surface area contributed by atoms with Gasteiger partial charge < -0.3 is 34.0 Å². The number of urea groups is 1. The number of carbonyl (C=O) groups is 3. The number of rotatable bonds is 8. The van der Waals surface area contributed by atoms with E-state index in [1.165, 1.54) is 6.08 Å². The van der Waals surface area contributed by atoms with E-state index in [9.17, 15) is 14.4 Å². The summed E-state index contributed by atoms with van der Waals surface area (Å²) in [6, 6.07) is 5.61. The van der Waals surface area contributed by atoms with Gasteiger partial charge in [-0.2, -0.15) is 0 Å². The van der Waals surface area contributed by atoms with Crippen molar-refractivity contribution in [2.45, 2.75) is 39.3 Å². The van der Waals surface area contributed by atoms with Crippen LogP contribution in [0, 0.1) is 6.92 Å². The standard InChI is InChI=1S/C26H28N2O8/c1-5-33-25(30)23-18(27-26(31)28-24(23)19-8-6-14(2)35-19)13-34-22(29)9-7-16-11-21-17(10-15(3)36-21)12-20(16)32-4/h6-9,11-12,15,24H,5,10,13H2,1-4H3,(H2,27,28,31)/b9-7+/t15-,24+/m1/s1. The van der Waals surface area contributed by atoms with Gasteiger partial charge in [0.05, 0.1) is 25.0 Å². The highest BCUT2D eigenvalue weighted by molar-refractivity contribution is 5.95. The predicted molar refractivity (Wildman–Crippen MR) is 128 cm³/mol. The minimum Gasteiger partial charge on any atom is -0.496 e. The second-order valence-corrected chi connectivity index (χ2v) is 8.37. The van der Waals surface area contributed by atoms with Gasteiger partial charge in [-0.3, -0.25) is 0 Å². The van der Waals surface area contributed by atoms with Crippen LogP contribution >= 0.6 is 0 Å². The third-order valence-corrected chi connectivity index (χ3v) is 5.70. The quantitative estimate of drug-likeness (QED) is 0.421. The van der Waals surface area contributed by atoms with Crippen molar-refractivity contribution < 1.29 is 37.7 Å². The SMILES string of the molecule is CCOC(=O)C1=C(COC(=O)/C=C/c2cc3c(cc2OC)C[C@@H](C)O3)NC(=O)N[C@H]1c1ccc(C)o1. The van der Waals surface area contributed by atoms with Gasteiger partial charge >= 0.3 is 18.0 Å². The highest BCUT2D eigenvalue weighted by atomic mass is 16.5. The van der Waals surface area contributed by atoms with Gasteiger partial charge in [-0.05, 0) is 51.1 Å². The number of hydrogen-bond acceptors (Lipinski definition) is 8. The lowest BCUT2D eigenvalue weighted by molar-refractivity contribution is -0.140. The van der Waals surface area contributed by atoms with Crippen LogP contribution in [0.4, 0.5) is 4.79 Å². The first-order valence-corrected chi connectivity index (χ1v) is 11.6. The summed E-state index contributed by atoms with van der Waals surface area (Å²) < 4.78 is 27.4. The van der Waals surface area contributed by atoms with Crippen LogP contribution < -0.4 is 20.1 Å². The van der Waals surface area contributed by atoms with E-state index in [0.29, 0.717) is 22.8 Å². The van der Waals surface area contributed by atoms with Crippen LogP contribution in [0.3, 0.4) is 0 Å². The molecule has 2 N–H and O–H groups in total. The molecular weight excluding hydrogens is 468 g/mol. The maximum atomic E-state index is 12.8. The molecule has 0 radical (unpaired) electrons. The van der Waals surface area contributed by atoms with E-state index in [0.717, 1.165) is 17.7 Å². The van der Waals surface area contributed by atoms with E-state index >= 15 is 0 Å². The third kappa shape index (κ3) is 5.37. The molecule has 4 rings (SSSR count). The zero-order valence-electron chi connectivity index (χ0n) is 20.5. The normalized spacial score (nSPS) is 18.8. The molecule has 0 saturated carbocycles. The molecule has 0 fully saturated rings. The molecule has 10 heteroatoms. The van der Waals surface area contributed by atoms with E-state index < -0.39 is 24.0 Å². The maximum absolute atomic E-state index is 12.8. The van der Waals surface area contributed by atoms with Crippen LogP contribution in [-0.4, -0.2) is 44.4 Å². The number of methoxy groups -OCH3 is 1. The minimum absolute atomic E-state index is 0.0740. The van der Waals surface area contributed by atoms with E-state index in [1.807, 2.05) is 19.1 Å². The van der Waals surface area contributed by atoms with Crippen molar-refractivity contribution in [2.75, 3.05) is 20.3 Å². The number of esters is 2. The Morgan fingerprint density at radius 1 is 1.22 bits per heavy atom. The lowest BCUT2D eigenvalue weighted by Crippen LogP contribution is -2.47. The average Bonchev–Trinajstić information content (AvgIpc) is 3.44. The van der Waals surface area contributed by atoms with Crippen molar-refractivity contribution in [2.24, 2.45) is 0 Å². The Hall–Kier alpha value is -4.21. The van der Waals surface area contributed by atoms with Gasteiger partial charge in [-0.15, -0.1) is 0 Å². The molecule has 2 atom stereocenters. The van der Waals surface area contributed by atoms with E-state index in [-0.39, 0.29) is 30.6 Å². The summed E-state index contributed by atoms with van der Waals surface area (Å²) in [4.78, 5) is 37.6. The van der Waals surface area contributed by atoms with E-state index in [4.69, 9.17) is 23.4 Å². The Morgan fingerprint density at radius 2 is 2.03 bits per heavy atom. The second kappa shape index (κ2) is 10.6. The molecule has 3 heterocycles. The molecule has 0 saturated heterocycles. The average molecular weight is 497 g/mol. The molecule has 2 amide bonds. The van der Waals surface area contributed by atoms with Crippen molar-refractivity contribution in [3.63, 3.8) is 0 Å². The Kier molecular flexibility index (Phi) is 7.33. The molecule has 0 unspecified atom stereocenters. The van der Waals surface area contributed by atoms with Gasteiger partial charge in [0.15, 0.2) is 0 Å². The molecule has 0 spiro atoms. The van der Waals surface area contributed by atoms with E-state index in [2.05, 4.69) is 10.6 Å². The summed E-state index contributed by atoms with van der Waals surface area (Å²) in [5, 5.41) is 5.19. The summed E-state index contributed by atoms with van der Waals surface area (Å²) in [5.41, 5.74) is 1.89. The van der Waals surface area contributed by atoms with Crippen LogP contribution in [0.15, 0.2) is 46.0 Å². The number of fused-ring (bicyclic) bond motifs is 1. The number of furan rings is 1. The molecule has 36 heavy (non-hydrogen) atoms. The molecule has 2 aromatic rings. The Morgan fingerprint density at radius 3 is 2.72 bits per heavy atom. The van der Waals surface area contributed by atoms with Crippen LogP contribution in [0.2, 0.25) is 0 Å². The van der Waals surface area contributed by atoms with Crippen molar-refractivity contribution in [3.05, 3.63) is 64.3 Å². The lowest BCUT2D eigenvalue weighted by Gasteiger charge is -2.27. The lowest BCUT2D eigenvalue weighted by atomic mass is 10.0. The summed E-state index contributed by atoms with van der Waals surface area (Å²) in [6.45, 7) is 5.17. The Balaban J connectivity index is 1.53. The van der Waals surface area contributed by atoms with E-state index in [1.54, 1.807) is 39.2 Å². The minimum atomic E-state index is -0.895. The summed E-state index contributed by atoms with van der Waals surface area (Å²) in [7, 11) is 1.55. The van der Waals surface area contributed by atoms with Gasteiger partial charge in [0, 0.05) is 23.6 Å². The molecule has 190 valence electrons. The Labute approximate surface area is 208 Å². The van der Waals surface area contributed by atoms with Crippen molar-refractivity contribution in [1.29, 1.82) is 0 Å². The van der Waals surface area contributed by atoms with Gasteiger partial charge in [-0.1, -0.05) is 0 Å². The summed E-state index contributed by atoms with van der Waals surface area (Å²) in [6.07, 6.45) is 3.66. The maximum Gasteiger partial charge on any atom is 0.338 e. The largest absolute Gasteiger partial charge is 0.496 e. The number of amides is 2. The van der Waals surface area contributed by atoms with Crippen molar-refractivity contribution in [3.8, 4) is 11.5 Å². The number of hydrogen-bond donors (Lipinski definition) is 2. The first-order valence-electron chi connectivity index (χ1n) is 11.6. The van der Waals surface area contributed by atoms with Gasteiger partial charge in [0.2, 0.25) is 0 Å². The molecule has 2 aliphatic rings. The Bertz CT molecular complexity index is 1240. The van der Waals surface area contributed by atoms with Gasteiger partial charge in [0.1, 0.15) is 41.8 Å². The third-order valence-electron chi connectivity index (χ3n) is 5.70. The first kappa shape index (κ1) is 24.9. The van der Waals surface area contributed by atoms with Crippen LogP contribution in [0.25, 0.3) is 6.08 Å². The fourth-order valence-corrected chi connectivity index (χ4v) is 4.12. The number of carbonyl (C=O) groups excluding carboxylic acids is 3. The van der Waals surface area contributed by atoms with Crippen LogP contribution in [0.5, 0.6) is 11.5 Å². The highest BCUT2D eigenvalue weighted by Gasteiger charge is 2.36. The summed E-state index contributed by atoms with van der Waals surface area (Å²) >= 11 is 0. The van der Waals surface area contributed by atoms with Gasteiger partial charge in [-0.25, -0.2) is 14.4 Å². The fraction of sp³-hybridized carbons (Fsp3) is 0.346.